The molecule has 2 aromatic heterocycles. The van der Waals surface area contributed by atoms with Crippen molar-refractivity contribution in [2.45, 2.75) is 33.9 Å². The molecule has 114 valence electrons. The van der Waals surface area contributed by atoms with Crippen LogP contribution < -0.4 is 10.2 Å². The Bertz CT molecular complexity index is 551. The van der Waals surface area contributed by atoms with E-state index < -0.39 is 0 Å². The Morgan fingerprint density at radius 2 is 2.19 bits per heavy atom. The van der Waals surface area contributed by atoms with Crippen molar-refractivity contribution in [1.82, 2.24) is 15.3 Å². The summed E-state index contributed by atoms with van der Waals surface area (Å²) < 4.78 is 0. The number of nitrogens with one attached hydrogen (secondary N) is 1. The second kappa shape index (κ2) is 7.52. The van der Waals surface area contributed by atoms with E-state index >= 15 is 0 Å². The maximum absolute atomic E-state index is 4.63. The van der Waals surface area contributed by atoms with Crippen LogP contribution in [0, 0.1) is 12.8 Å². The van der Waals surface area contributed by atoms with Crippen LogP contribution in [-0.2, 0) is 13.1 Å². The van der Waals surface area contributed by atoms with Gasteiger partial charge in [-0.15, -0.1) is 11.3 Å². The van der Waals surface area contributed by atoms with E-state index in [1.807, 2.05) is 13.2 Å². The van der Waals surface area contributed by atoms with Gasteiger partial charge in [-0.2, -0.15) is 0 Å². The summed E-state index contributed by atoms with van der Waals surface area (Å²) in [6, 6.07) is 4.21. The zero-order valence-electron chi connectivity index (χ0n) is 13.3. The lowest BCUT2D eigenvalue weighted by molar-refractivity contribution is 0.550. The predicted molar refractivity (Wildman–Crippen MR) is 89.7 cm³/mol. The lowest BCUT2D eigenvalue weighted by Gasteiger charge is -2.17. The van der Waals surface area contributed by atoms with Crippen LogP contribution in [0.1, 0.15) is 30.0 Å². The van der Waals surface area contributed by atoms with E-state index in [4.69, 9.17) is 0 Å². The minimum absolute atomic E-state index is 0.655. The molecule has 0 radical (unpaired) electrons. The summed E-state index contributed by atoms with van der Waals surface area (Å²) in [6.07, 6.45) is 1.94. The Labute approximate surface area is 131 Å². The van der Waals surface area contributed by atoms with Crippen LogP contribution in [0.25, 0.3) is 0 Å². The van der Waals surface area contributed by atoms with Crippen LogP contribution in [0.5, 0.6) is 0 Å². The molecule has 0 aromatic carbocycles. The van der Waals surface area contributed by atoms with Gasteiger partial charge in [-0.1, -0.05) is 19.9 Å². The second-order valence-electron chi connectivity index (χ2n) is 5.74. The van der Waals surface area contributed by atoms with Crippen molar-refractivity contribution in [2.24, 2.45) is 5.92 Å². The van der Waals surface area contributed by atoms with E-state index in [0.717, 1.165) is 31.3 Å². The molecule has 0 bridgehead atoms. The maximum Gasteiger partial charge on any atom is 0.225 e. The lowest BCUT2D eigenvalue weighted by atomic mass is 10.2. The Hall–Kier alpha value is -1.46. The largest absolute Gasteiger partial charge is 0.339 e. The first kappa shape index (κ1) is 15.9. The van der Waals surface area contributed by atoms with Crippen LogP contribution in [0.4, 0.5) is 5.95 Å². The van der Waals surface area contributed by atoms with Gasteiger partial charge in [-0.3, -0.25) is 0 Å². The molecule has 0 saturated carbocycles. The quantitative estimate of drug-likeness (QED) is 0.852. The molecule has 0 unspecified atom stereocenters. The number of hydrogen-bond acceptors (Lipinski definition) is 5. The molecule has 0 spiro atoms. The summed E-state index contributed by atoms with van der Waals surface area (Å²) in [4.78, 5) is 12.5. The number of thiophene rings is 1. The average Bonchev–Trinajstić information content (AvgIpc) is 2.93. The Kier molecular flexibility index (Phi) is 5.70. The van der Waals surface area contributed by atoms with Crippen LogP contribution in [0.2, 0.25) is 0 Å². The molecule has 5 heteroatoms. The first-order valence-electron chi connectivity index (χ1n) is 7.33. The van der Waals surface area contributed by atoms with E-state index in [9.17, 15) is 0 Å². The standard InChI is InChI=1S/C16H24N4S/c1-12(2)8-17-9-14-10-18-16(19-13(14)3)20(4)11-15-6-5-7-21-15/h5-7,10,12,17H,8-9,11H2,1-4H3. The van der Waals surface area contributed by atoms with Gasteiger partial charge in [0.15, 0.2) is 0 Å². The third-order valence-electron chi connectivity index (χ3n) is 3.25. The summed E-state index contributed by atoms with van der Waals surface area (Å²) >= 11 is 1.76. The fraction of sp³-hybridized carbons (Fsp3) is 0.500. The van der Waals surface area contributed by atoms with Crippen molar-refractivity contribution < 1.29 is 0 Å². The third kappa shape index (κ3) is 4.79. The predicted octanol–water partition coefficient (Wildman–Crippen LogP) is 3.23. The van der Waals surface area contributed by atoms with Gasteiger partial charge < -0.3 is 10.2 Å². The summed E-state index contributed by atoms with van der Waals surface area (Å²) in [5.74, 6) is 1.44. The minimum Gasteiger partial charge on any atom is -0.339 e. The van der Waals surface area contributed by atoms with Crippen molar-refractivity contribution >= 4 is 17.3 Å². The monoisotopic (exact) mass is 304 g/mol. The number of hydrogen-bond donors (Lipinski definition) is 1. The Balaban J connectivity index is 1.97. The normalized spacial score (nSPS) is 11.1. The highest BCUT2D eigenvalue weighted by Gasteiger charge is 2.08. The highest BCUT2D eigenvalue weighted by atomic mass is 32.1. The number of anilines is 1. The fourth-order valence-electron chi connectivity index (χ4n) is 2.04. The molecule has 21 heavy (non-hydrogen) atoms. The topological polar surface area (TPSA) is 41.1 Å². The maximum atomic E-state index is 4.63. The molecule has 0 fully saturated rings. The first-order valence-corrected chi connectivity index (χ1v) is 8.21. The van der Waals surface area contributed by atoms with Crippen LogP contribution >= 0.6 is 11.3 Å². The van der Waals surface area contributed by atoms with Crippen molar-refractivity contribution in [3.8, 4) is 0 Å². The van der Waals surface area contributed by atoms with Gasteiger partial charge in [0.25, 0.3) is 0 Å². The molecule has 0 aliphatic rings. The number of aryl methyl sites for hydroxylation is 1. The average molecular weight is 304 g/mol. The molecule has 1 N–H and O–H groups in total. The molecule has 0 aliphatic carbocycles. The molecule has 2 heterocycles. The minimum atomic E-state index is 0.655. The molecule has 4 nitrogen and oxygen atoms in total. The Morgan fingerprint density at radius 3 is 2.81 bits per heavy atom. The first-order chi connectivity index (χ1) is 10.1. The van der Waals surface area contributed by atoms with Gasteiger partial charge in [0.1, 0.15) is 0 Å². The van der Waals surface area contributed by atoms with Gasteiger partial charge in [0, 0.05) is 35.9 Å². The molecule has 2 rings (SSSR count). The highest BCUT2D eigenvalue weighted by molar-refractivity contribution is 7.09. The van der Waals surface area contributed by atoms with Gasteiger partial charge in [0.2, 0.25) is 5.95 Å². The van der Waals surface area contributed by atoms with Crippen LogP contribution in [0.15, 0.2) is 23.7 Å². The summed E-state index contributed by atoms with van der Waals surface area (Å²) in [7, 11) is 2.03. The Morgan fingerprint density at radius 1 is 1.38 bits per heavy atom. The van der Waals surface area contributed by atoms with E-state index in [1.54, 1.807) is 11.3 Å². The van der Waals surface area contributed by atoms with E-state index in [1.165, 1.54) is 10.4 Å². The third-order valence-corrected chi connectivity index (χ3v) is 4.11. The number of nitrogens with zero attached hydrogens (tertiary/aromatic N) is 3. The van der Waals surface area contributed by atoms with Gasteiger partial charge >= 0.3 is 0 Å². The van der Waals surface area contributed by atoms with E-state index in [-0.39, 0.29) is 0 Å². The summed E-state index contributed by atoms with van der Waals surface area (Å²) in [5, 5.41) is 5.53. The van der Waals surface area contributed by atoms with Gasteiger partial charge in [0.05, 0.1) is 6.54 Å². The zero-order chi connectivity index (χ0) is 15.2. The molecular weight excluding hydrogens is 280 g/mol. The molecule has 2 aromatic rings. The van der Waals surface area contributed by atoms with Gasteiger partial charge in [-0.05, 0) is 30.8 Å². The van der Waals surface area contributed by atoms with Crippen molar-refractivity contribution in [3.63, 3.8) is 0 Å². The highest BCUT2D eigenvalue weighted by Crippen LogP contribution is 2.15. The van der Waals surface area contributed by atoms with Crippen molar-refractivity contribution in [2.75, 3.05) is 18.5 Å². The zero-order valence-corrected chi connectivity index (χ0v) is 14.1. The lowest BCUT2D eigenvalue weighted by Crippen LogP contribution is -2.22. The molecular formula is C16H24N4S. The smallest absolute Gasteiger partial charge is 0.225 e. The fourth-order valence-corrected chi connectivity index (χ4v) is 2.80. The van der Waals surface area contributed by atoms with E-state index in [2.05, 4.69) is 58.5 Å². The second-order valence-corrected chi connectivity index (χ2v) is 6.77. The van der Waals surface area contributed by atoms with Crippen LogP contribution in [-0.4, -0.2) is 23.6 Å². The van der Waals surface area contributed by atoms with Crippen molar-refractivity contribution in [1.29, 1.82) is 0 Å². The molecule has 0 saturated heterocycles. The molecule has 0 amide bonds. The summed E-state index contributed by atoms with van der Waals surface area (Å²) in [6.45, 7) is 9.16. The molecule has 0 aliphatic heterocycles. The summed E-state index contributed by atoms with van der Waals surface area (Å²) in [5.41, 5.74) is 2.22. The van der Waals surface area contributed by atoms with E-state index in [0.29, 0.717) is 5.92 Å². The van der Waals surface area contributed by atoms with Crippen molar-refractivity contribution in [3.05, 3.63) is 39.8 Å². The number of aromatic nitrogens is 2. The SMILES string of the molecule is Cc1nc(N(C)Cc2cccs2)ncc1CNCC(C)C. The van der Waals surface area contributed by atoms with Gasteiger partial charge in [-0.25, -0.2) is 9.97 Å². The van der Waals surface area contributed by atoms with Crippen LogP contribution in [0.3, 0.4) is 0 Å². The molecule has 0 atom stereocenters. The number of rotatable bonds is 7.